The Morgan fingerprint density at radius 3 is 2.73 bits per heavy atom. The van der Waals surface area contributed by atoms with Gasteiger partial charge >= 0.3 is 0 Å². The number of nitrogens with zero attached hydrogens (tertiary/aromatic N) is 2. The van der Waals surface area contributed by atoms with E-state index in [2.05, 4.69) is 48.6 Å². The molecule has 84 valence electrons. The van der Waals surface area contributed by atoms with Crippen molar-refractivity contribution >= 4 is 0 Å². The molecule has 0 radical (unpaired) electrons. The van der Waals surface area contributed by atoms with Gasteiger partial charge in [0.25, 0.3) is 0 Å². The van der Waals surface area contributed by atoms with Crippen LogP contribution in [-0.4, -0.2) is 16.6 Å². The molecule has 0 aliphatic heterocycles. The van der Waals surface area contributed by atoms with Crippen LogP contribution >= 0.6 is 0 Å². The molecule has 1 aromatic rings. The zero-order valence-electron chi connectivity index (χ0n) is 10.3. The van der Waals surface area contributed by atoms with E-state index >= 15 is 0 Å². The quantitative estimate of drug-likeness (QED) is 0.768. The van der Waals surface area contributed by atoms with Crippen LogP contribution in [0.5, 0.6) is 0 Å². The molecule has 0 amide bonds. The molecule has 0 aliphatic carbocycles. The molecule has 1 aromatic heterocycles. The summed E-state index contributed by atoms with van der Waals surface area (Å²) in [5.41, 5.74) is 2.51. The van der Waals surface area contributed by atoms with Crippen molar-refractivity contribution in [2.75, 3.05) is 7.05 Å². The van der Waals surface area contributed by atoms with Crippen LogP contribution in [0.4, 0.5) is 0 Å². The number of nitrogens with one attached hydrogen (secondary N) is 1. The average Bonchev–Trinajstić information content (AvgIpc) is 2.63. The number of aromatic nitrogens is 2. The Kier molecular flexibility index (Phi) is 3.69. The Hall–Kier alpha value is -1.09. The van der Waals surface area contributed by atoms with Gasteiger partial charge in [-0.15, -0.1) is 0 Å². The number of hydrogen-bond acceptors (Lipinski definition) is 2. The summed E-state index contributed by atoms with van der Waals surface area (Å²) in [6, 6.07) is 0. The lowest BCUT2D eigenvalue weighted by molar-refractivity contribution is 0.414. The van der Waals surface area contributed by atoms with Gasteiger partial charge < -0.3 is 9.88 Å². The van der Waals surface area contributed by atoms with E-state index in [1.54, 1.807) is 0 Å². The Bertz CT molecular complexity index is 344. The molecule has 3 heteroatoms. The minimum absolute atomic E-state index is 0.0357. The number of hydrogen-bond donors (Lipinski definition) is 1. The van der Waals surface area contributed by atoms with Gasteiger partial charge in [-0.1, -0.05) is 11.6 Å². The molecule has 15 heavy (non-hydrogen) atoms. The van der Waals surface area contributed by atoms with Gasteiger partial charge in [-0.25, -0.2) is 4.98 Å². The first-order chi connectivity index (χ1) is 6.97. The summed E-state index contributed by atoms with van der Waals surface area (Å²) in [5.74, 6) is 0. The fourth-order valence-corrected chi connectivity index (χ4v) is 1.40. The predicted octanol–water partition coefficient (Wildman–Crippen LogP) is 2.30. The Morgan fingerprint density at radius 2 is 2.20 bits per heavy atom. The highest BCUT2D eigenvalue weighted by Gasteiger charge is 2.21. The van der Waals surface area contributed by atoms with Crippen LogP contribution in [-0.2, 0) is 12.1 Å². The van der Waals surface area contributed by atoms with Gasteiger partial charge in [0.15, 0.2) is 0 Å². The van der Waals surface area contributed by atoms with Crippen LogP contribution in [0.1, 0.15) is 33.4 Å². The number of imidazole rings is 1. The van der Waals surface area contributed by atoms with E-state index in [1.165, 1.54) is 11.3 Å². The van der Waals surface area contributed by atoms with Crippen LogP contribution < -0.4 is 5.32 Å². The second-order valence-corrected chi connectivity index (χ2v) is 4.59. The highest BCUT2D eigenvalue weighted by molar-refractivity contribution is 5.12. The van der Waals surface area contributed by atoms with Gasteiger partial charge in [0.2, 0.25) is 0 Å². The van der Waals surface area contributed by atoms with E-state index in [0.717, 1.165) is 6.54 Å². The molecule has 1 rings (SSSR count). The molecule has 0 atom stereocenters. The third-order valence-electron chi connectivity index (χ3n) is 2.67. The summed E-state index contributed by atoms with van der Waals surface area (Å²) in [6.45, 7) is 9.43. The summed E-state index contributed by atoms with van der Waals surface area (Å²) in [7, 11) is 1.97. The van der Waals surface area contributed by atoms with Crippen LogP contribution in [0.15, 0.2) is 24.2 Å². The molecule has 0 bridgehead atoms. The van der Waals surface area contributed by atoms with Crippen molar-refractivity contribution in [3.05, 3.63) is 29.9 Å². The van der Waals surface area contributed by atoms with E-state index in [0.29, 0.717) is 0 Å². The molecule has 0 aliphatic rings. The molecule has 0 fully saturated rings. The largest absolute Gasteiger partial charge is 0.329 e. The summed E-state index contributed by atoms with van der Waals surface area (Å²) < 4.78 is 2.17. The van der Waals surface area contributed by atoms with Crippen LogP contribution in [0, 0.1) is 0 Å². The van der Waals surface area contributed by atoms with Gasteiger partial charge in [0.1, 0.15) is 0 Å². The fraction of sp³-hybridized carbons (Fsp3) is 0.583. The maximum atomic E-state index is 4.21. The summed E-state index contributed by atoms with van der Waals surface area (Å²) in [4.78, 5) is 4.21. The van der Waals surface area contributed by atoms with Crippen molar-refractivity contribution in [3.63, 3.8) is 0 Å². The first kappa shape index (κ1) is 12.0. The lowest BCUT2D eigenvalue weighted by Crippen LogP contribution is -2.35. The van der Waals surface area contributed by atoms with Crippen molar-refractivity contribution < 1.29 is 0 Å². The standard InChI is InChI=1S/C12H21N3/c1-10(2)6-7-15-9-14-8-11(15)12(3,4)13-5/h6,8-9,13H,7H2,1-5H3. The molecule has 0 saturated carbocycles. The second kappa shape index (κ2) is 4.62. The zero-order chi connectivity index (χ0) is 11.5. The normalized spacial score (nSPS) is 11.5. The van der Waals surface area contributed by atoms with Crippen molar-refractivity contribution in [2.45, 2.75) is 39.8 Å². The summed E-state index contributed by atoms with van der Waals surface area (Å²) in [5, 5.41) is 3.29. The summed E-state index contributed by atoms with van der Waals surface area (Å²) in [6.07, 6.45) is 6.01. The fourth-order valence-electron chi connectivity index (χ4n) is 1.40. The highest BCUT2D eigenvalue weighted by Crippen LogP contribution is 2.18. The Morgan fingerprint density at radius 1 is 1.53 bits per heavy atom. The van der Waals surface area contributed by atoms with Crippen molar-refractivity contribution in [2.24, 2.45) is 0 Å². The number of rotatable bonds is 4. The van der Waals surface area contributed by atoms with E-state index < -0.39 is 0 Å². The lowest BCUT2D eigenvalue weighted by Gasteiger charge is -2.25. The van der Waals surface area contributed by atoms with Gasteiger partial charge in [-0.05, 0) is 34.7 Å². The molecule has 0 unspecified atom stereocenters. The summed E-state index contributed by atoms with van der Waals surface area (Å²) >= 11 is 0. The minimum Gasteiger partial charge on any atom is -0.329 e. The van der Waals surface area contributed by atoms with Crippen molar-refractivity contribution in [1.29, 1.82) is 0 Å². The van der Waals surface area contributed by atoms with E-state index in [4.69, 9.17) is 0 Å². The maximum absolute atomic E-state index is 4.21. The predicted molar refractivity (Wildman–Crippen MR) is 63.7 cm³/mol. The third-order valence-corrected chi connectivity index (χ3v) is 2.67. The monoisotopic (exact) mass is 207 g/mol. The van der Waals surface area contributed by atoms with Crippen molar-refractivity contribution in [1.82, 2.24) is 14.9 Å². The molecule has 1 heterocycles. The average molecular weight is 207 g/mol. The minimum atomic E-state index is -0.0357. The smallest absolute Gasteiger partial charge is 0.0951 e. The molecule has 0 aromatic carbocycles. The molecular formula is C12H21N3. The first-order valence-electron chi connectivity index (χ1n) is 5.30. The van der Waals surface area contributed by atoms with Gasteiger partial charge in [-0.2, -0.15) is 0 Å². The lowest BCUT2D eigenvalue weighted by atomic mass is 10.0. The molecule has 0 saturated heterocycles. The Balaban J connectivity index is 2.92. The van der Waals surface area contributed by atoms with Gasteiger partial charge in [0, 0.05) is 6.54 Å². The third kappa shape index (κ3) is 2.93. The second-order valence-electron chi connectivity index (χ2n) is 4.59. The molecular weight excluding hydrogens is 186 g/mol. The van der Waals surface area contributed by atoms with Gasteiger partial charge in [-0.3, -0.25) is 0 Å². The SMILES string of the molecule is CNC(C)(C)c1cncn1CC=C(C)C. The zero-order valence-corrected chi connectivity index (χ0v) is 10.3. The highest BCUT2D eigenvalue weighted by atomic mass is 15.1. The van der Waals surface area contributed by atoms with E-state index in [9.17, 15) is 0 Å². The van der Waals surface area contributed by atoms with Crippen molar-refractivity contribution in [3.8, 4) is 0 Å². The number of allylic oxidation sites excluding steroid dienone is 2. The van der Waals surface area contributed by atoms with Gasteiger partial charge in [0.05, 0.1) is 23.8 Å². The first-order valence-corrected chi connectivity index (χ1v) is 5.30. The molecule has 1 N–H and O–H groups in total. The topological polar surface area (TPSA) is 29.9 Å². The Labute approximate surface area is 92.2 Å². The van der Waals surface area contributed by atoms with E-state index in [-0.39, 0.29) is 5.54 Å². The van der Waals surface area contributed by atoms with Crippen LogP contribution in [0.2, 0.25) is 0 Å². The molecule has 3 nitrogen and oxygen atoms in total. The maximum Gasteiger partial charge on any atom is 0.0951 e. The molecule has 0 spiro atoms. The van der Waals surface area contributed by atoms with Crippen LogP contribution in [0.25, 0.3) is 0 Å². The van der Waals surface area contributed by atoms with E-state index in [1.807, 2.05) is 19.6 Å². The van der Waals surface area contributed by atoms with Crippen LogP contribution in [0.3, 0.4) is 0 Å².